The number of rotatable bonds is 19. The quantitative estimate of drug-likeness (QED) is 0.0538. The molecule has 0 N–H and O–H groups in total. The molecular weight excluding hydrogens is 1600 g/mol. The number of ether oxygens (including phenoxy) is 1. The van der Waals surface area contributed by atoms with Gasteiger partial charge in [-0.1, -0.05) is 47.1 Å². The van der Waals surface area contributed by atoms with E-state index in [0.29, 0.717) is 112 Å². The molecule has 0 spiro atoms. The van der Waals surface area contributed by atoms with E-state index in [1.807, 2.05) is 77.8 Å². The van der Waals surface area contributed by atoms with E-state index in [-0.39, 0.29) is 57.4 Å². The second kappa shape index (κ2) is 32.6. The molecule has 1 unspecified atom stereocenters. The average Bonchev–Trinajstić information content (AvgIpc) is 1.72. The zero-order valence-corrected chi connectivity index (χ0v) is 70.3. The van der Waals surface area contributed by atoms with Crippen molar-refractivity contribution in [3.05, 3.63) is 291 Å². The monoisotopic (exact) mass is 1690 g/mol. The summed E-state index contributed by atoms with van der Waals surface area (Å²) in [6, 6.07) is 39.7. The zero-order valence-electron chi connectivity index (χ0n) is 67.8. The number of Topliss-reactive ketones (excluding diaryl/α,β-unsaturated/α-hetero) is 3. The maximum Gasteiger partial charge on any atom is 0.246 e. The van der Waals surface area contributed by atoms with Gasteiger partial charge in [-0.05, 0) is 290 Å². The summed E-state index contributed by atoms with van der Waals surface area (Å²) in [5, 5.41) is 17.1. The van der Waals surface area contributed by atoms with Gasteiger partial charge in [0.2, 0.25) is 20.0 Å². The largest absolute Gasteiger partial charge is 0.381 e. The molecule has 1 aliphatic heterocycles. The van der Waals surface area contributed by atoms with Crippen molar-refractivity contribution in [3.63, 3.8) is 0 Å². The molecule has 4 aromatic carbocycles. The predicted molar refractivity (Wildman–Crippen MR) is 457 cm³/mol. The highest BCUT2D eigenvalue weighted by atomic mass is 32.2. The summed E-state index contributed by atoms with van der Waals surface area (Å²) in [6.45, 7) is 3.16. The molecule has 624 valence electrons. The second-order valence-corrected chi connectivity index (χ2v) is 40.1. The van der Waals surface area contributed by atoms with Gasteiger partial charge in [0.1, 0.15) is 39.4 Å². The summed E-state index contributed by atoms with van der Waals surface area (Å²) < 4.78 is 127. The van der Waals surface area contributed by atoms with Crippen molar-refractivity contribution in [3.8, 4) is 17.1 Å². The maximum atomic E-state index is 14.5. The molecule has 4 saturated carbocycles. The minimum absolute atomic E-state index is 0.0117. The van der Waals surface area contributed by atoms with E-state index in [1.54, 1.807) is 134 Å². The third-order valence-corrected chi connectivity index (χ3v) is 32.9. The van der Waals surface area contributed by atoms with Gasteiger partial charge < -0.3 is 4.74 Å². The summed E-state index contributed by atoms with van der Waals surface area (Å²) in [7, 11) is -3.40. The van der Waals surface area contributed by atoms with Gasteiger partial charge in [-0.3, -0.25) is 42.5 Å². The summed E-state index contributed by atoms with van der Waals surface area (Å²) in [5.74, 6) is 3.50. The lowest BCUT2D eigenvalue weighted by Crippen LogP contribution is -2.51. The first-order valence-corrected chi connectivity index (χ1v) is 45.6. The number of ketones is 3. The standard InChI is InChI=1S/C31H31FN6O3S.C31H35FN4O3S.C30H27FN4O3S/c1-36-19-27(18-34-36)42(40,41)37(2)26-9-6-23-13-29-22(17-35-38(29)25-10-7-24(32)8-11-25)14-31(23,15-26)30(39)28-12-5-21(16-33-28)20-3-4-20;1-21-10-13-33-28(16-21)30(37)31-18-22-20-34-36(25-8-5-24(32)6-9-25)29(22)17-23(31)4-7-26(19-31)35(2)40(3,38)27-11-14-39-15-12-27;1-34(24-7-3-2-4-8-24)39(37,38)26-15-10-22-17-28-21(20-33-35(28)25-13-11-23(31)12-14-25)18-30(22,19-26)29(36)27-9-5-6-16-32-27/h5,7-8,10-13,16-20,26H,3-4,6,9,14-15H2,1-2H3;5-6,8-10,13,16-17,20,26-27H,3-4,7,11-12,14-15,18-19H2,1-2H3;2-9,11-14,16-17,20,26H,10,15,18-19H2,1H3/t26-,31-;26-,31-,40?;26-,30-/m000/s1. The lowest BCUT2D eigenvalue weighted by molar-refractivity contribution is 0.0741. The molecule has 23 nitrogen and oxygen atoms in total. The number of anilines is 1. The Hall–Kier alpha value is -11.2. The number of halogens is 3. The van der Waals surface area contributed by atoms with Gasteiger partial charge in [-0.2, -0.15) is 24.7 Å². The molecule has 0 amide bonds. The van der Waals surface area contributed by atoms with Gasteiger partial charge in [-0.15, -0.1) is 0 Å². The number of carbonyl (C=O) groups is 3. The van der Waals surface area contributed by atoms with Crippen molar-refractivity contribution in [1.29, 1.82) is 0 Å². The van der Waals surface area contributed by atoms with Crippen LogP contribution in [0.4, 0.5) is 18.9 Å². The third kappa shape index (κ3) is 15.5. The maximum absolute atomic E-state index is 14.5. The van der Waals surface area contributed by atoms with Crippen molar-refractivity contribution in [2.24, 2.45) is 23.3 Å². The fraction of sp³-hybridized carbons (Fsp3) is 0.337. The number of pyridine rings is 3. The van der Waals surface area contributed by atoms with Gasteiger partial charge in [-0.25, -0.2) is 48.4 Å². The van der Waals surface area contributed by atoms with Crippen LogP contribution < -0.4 is 4.31 Å². The van der Waals surface area contributed by atoms with E-state index in [0.717, 1.165) is 105 Å². The van der Waals surface area contributed by atoms with Crippen molar-refractivity contribution in [2.75, 3.05) is 38.7 Å². The van der Waals surface area contributed by atoms with E-state index in [1.165, 1.54) is 62.1 Å². The predicted octanol–water partition coefficient (Wildman–Crippen LogP) is 14.8. The Labute approximate surface area is 702 Å². The Morgan fingerprint density at radius 2 is 0.959 bits per heavy atom. The fourth-order valence-electron chi connectivity index (χ4n) is 19.0. The van der Waals surface area contributed by atoms with Crippen LogP contribution in [0.1, 0.15) is 166 Å². The number of sulfonamides is 2. The number of fused-ring (bicyclic) bond motifs is 6. The molecule has 7 aliphatic carbocycles. The molecule has 11 aromatic rings. The minimum Gasteiger partial charge on any atom is -0.381 e. The zero-order chi connectivity index (χ0) is 84.5. The number of benzene rings is 4. The van der Waals surface area contributed by atoms with E-state index in [2.05, 4.69) is 47.3 Å². The molecule has 29 heteroatoms. The molecule has 7 aromatic heterocycles. The summed E-state index contributed by atoms with van der Waals surface area (Å²) >= 11 is 0. The van der Waals surface area contributed by atoms with Crippen molar-refractivity contribution >= 4 is 76.9 Å². The molecule has 5 fully saturated rings. The van der Waals surface area contributed by atoms with Crippen LogP contribution in [0.15, 0.2) is 217 Å². The number of hydrogen-bond acceptors (Lipinski definition) is 16. The van der Waals surface area contributed by atoms with E-state index in [4.69, 9.17) is 4.74 Å². The van der Waals surface area contributed by atoms with Gasteiger partial charge >= 0.3 is 0 Å². The molecule has 121 heavy (non-hydrogen) atoms. The SMILES string of the molecule is C=S(=O)(C1CCOCC1)N(C)[C@H]1CCC2=Cc3c(cnn3-c3ccc(F)cc3)C[C@]2(C(=O)c2cc(C)ccn2)C1.CN([C@H]1CCC2=Cc3c(cnn3-c3ccc(F)cc3)C[C@]2(C(=O)c2ccc(C3CC3)cn2)C1)S(=O)(=O)c1cnn(C)c1.CN(c1ccccc1)S(=O)(=O)[C@H]1CCC2=Cc3c(cnn3-c3ccc(F)cc3)C[C@]2(C(=O)c2ccccn2)C1. The van der Waals surface area contributed by atoms with E-state index >= 15 is 0 Å². The first kappa shape index (κ1) is 82.1. The lowest BCUT2D eigenvalue weighted by Gasteiger charge is -2.47. The van der Waals surface area contributed by atoms with Crippen LogP contribution in [0.5, 0.6) is 0 Å². The van der Waals surface area contributed by atoms with Crippen LogP contribution in [0.2, 0.25) is 0 Å². The second-order valence-electron chi connectivity index (χ2n) is 33.2. The third-order valence-electron chi connectivity index (χ3n) is 26.0. The average molecular weight is 1690 g/mol. The smallest absolute Gasteiger partial charge is 0.246 e. The molecule has 7 atom stereocenters. The fourth-order valence-corrected chi connectivity index (χ4v) is 24.2. The number of aryl methyl sites for hydroxylation is 2. The van der Waals surface area contributed by atoms with Gasteiger partial charge in [0.15, 0.2) is 17.3 Å². The minimum atomic E-state index is -3.82. The van der Waals surface area contributed by atoms with Gasteiger partial charge in [0.05, 0.1) is 86.1 Å². The Kier molecular flexibility index (Phi) is 22.2. The van der Waals surface area contributed by atoms with Gasteiger partial charge in [0, 0.05) is 86.2 Å². The van der Waals surface area contributed by atoms with Crippen LogP contribution in [0.3, 0.4) is 0 Å². The van der Waals surface area contributed by atoms with Crippen LogP contribution in [-0.4, -0.2) is 164 Å². The van der Waals surface area contributed by atoms with Crippen LogP contribution in [-0.2, 0) is 60.8 Å². The number of nitrogens with zero attached hydrogens (tertiary/aromatic N) is 14. The van der Waals surface area contributed by atoms with Crippen LogP contribution in [0.25, 0.3) is 35.3 Å². The Morgan fingerprint density at radius 3 is 1.42 bits per heavy atom. The molecular formula is C92H93F3N14O9S3. The Morgan fingerprint density at radius 1 is 0.488 bits per heavy atom. The number of hydrogen-bond donors (Lipinski definition) is 0. The van der Waals surface area contributed by atoms with E-state index < -0.39 is 57.3 Å². The normalized spacial score (nSPS) is 22.4. The summed E-state index contributed by atoms with van der Waals surface area (Å²) in [5.41, 5.74) is 11.3. The Bertz CT molecular complexity index is 6270. The topological polar surface area (TPSA) is 265 Å². The van der Waals surface area contributed by atoms with Crippen molar-refractivity contribution < 1.29 is 53.3 Å². The number of para-hydroxylation sites is 1. The molecule has 19 rings (SSSR count). The lowest BCUT2D eigenvalue weighted by atomic mass is 9.60. The highest BCUT2D eigenvalue weighted by molar-refractivity contribution is 7.98. The summed E-state index contributed by atoms with van der Waals surface area (Å²) in [6.07, 6.45) is 28.6. The molecule has 1 saturated heterocycles. The van der Waals surface area contributed by atoms with Gasteiger partial charge in [0.25, 0.3) is 0 Å². The number of aromatic nitrogens is 11. The highest BCUT2D eigenvalue weighted by Gasteiger charge is 2.56. The van der Waals surface area contributed by atoms with E-state index in [9.17, 15) is 48.6 Å². The molecule has 8 heterocycles. The molecule has 8 aliphatic rings. The van der Waals surface area contributed by atoms with Crippen LogP contribution in [0, 0.1) is 40.6 Å². The summed E-state index contributed by atoms with van der Waals surface area (Å²) in [4.78, 5) is 56.7. The number of carbonyl (C=O) groups excluding carboxylic acids is 3. The molecule has 0 bridgehead atoms. The first-order valence-electron chi connectivity index (χ1n) is 40.9. The Balaban J connectivity index is 0.000000129. The first-order chi connectivity index (χ1) is 58.1. The van der Waals surface area contributed by atoms with Crippen LogP contribution >= 0.6 is 0 Å². The van der Waals surface area contributed by atoms with Crippen molar-refractivity contribution in [2.45, 2.75) is 143 Å². The highest BCUT2D eigenvalue weighted by Crippen LogP contribution is 2.56. The number of allylic oxidation sites excluding steroid dienone is 3. The van der Waals surface area contributed by atoms with Crippen molar-refractivity contribution in [1.82, 2.24) is 62.7 Å². The molecule has 0 radical (unpaired) electrons.